The maximum atomic E-state index is 11.8. The van der Waals surface area contributed by atoms with Crippen LogP contribution in [-0.2, 0) is 16.6 Å². The van der Waals surface area contributed by atoms with Gasteiger partial charge in [-0.1, -0.05) is 11.3 Å². The van der Waals surface area contributed by atoms with Crippen LogP contribution in [0.4, 0.5) is 5.13 Å². The zero-order valence-electron chi connectivity index (χ0n) is 8.25. The maximum Gasteiger partial charge on any atom is 0.270 e. The SMILES string of the molecule is Nc1nnc(S(=O)(=O)NCc2sccc2Br)s1. The molecule has 0 radical (unpaired) electrons. The van der Waals surface area contributed by atoms with Crippen molar-refractivity contribution in [1.82, 2.24) is 14.9 Å². The third kappa shape index (κ3) is 3.01. The Labute approximate surface area is 114 Å². The van der Waals surface area contributed by atoms with Crippen molar-refractivity contribution in [3.8, 4) is 0 Å². The highest BCUT2D eigenvalue weighted by Gasteiger charge is 2.19. The molecule has 17 heavy (non-hydrogen) atoms. The summed E-state index contributed by atoms with van der Waals surface area (Å²) in [5, 5.41) is 8.96. The second-order valence-corrected chi connectivity index (χ2v) is 7.73. The molecule has 0 unspecified atom stereocenters. The lowest BCUT2D eigenvalue weighted by atomic mass is 10.5. The van der Waals surface area contributed by atoms with E-state index in [1.165, 1.54) is 11.3 Å². The molecule has 0 saturated carbocycles. The third-order valence-electron chi connectivity index (χ3n) is 1.77. The first-order chi connectivity index (χ1) is 7.99. The summed E-state index contributed by atoms with van der Waals surface area (Å²) in [7, 11) is -3.63. The van der Waals surface area contributed by atoms with Crippen LogP contribution in [-0.4, -0.2) is 18.6 Å². The molecule has 10 heteroatoms. The Hall–Kier alpha value is -0.550. The Kier molecular flexibility index (Phi) is 3.78. The van der Waals surface area contributed by atoms with Gasteiger partial charge in [-0.2, -0.15) is 0 Å². The van der Waals surface area contributed by atoms with Crippen molar-refractivity contribution in [2.24, 2.45) is 0 Å². The van der Waals surface area contributed by atoms with Gasteiger partial charge in [-0.3, -0.25) is 0 Å². The third-order valence-corrected chi connectivity index (χ3v) is 6.21. The average Bonchev–Trinajstić information content (AvgIpc) is 2.85. The van der Waals surface area contributed by atoms with Crippen LogP contribution in [0.2, 0.25) is 0 Å². The maximum absolute atomic E-state index is 11.8. The predicted molar refractivity (Wildman–Crippen MR) is 70.4 cm³/mol. The van der Waals surface area contributed by atoms with E-state index in [1.54, 1.807) is 0 Å². The fraction of sp³-hybridized carbons (Fsp3) is 0.143. The first-order valence-corrected chi connectivity index (χ1v) is 8.27. The minimum absolute atomic E-state index is 0.123. The molecule has 0 atom stereocenters. The van der Waals surface area contributed by atoms with Gasteiger partial charge in [0.2, 0.25) is 9.47 Å². The zero-order chi connectivity index (χ0) is 12.5. The molecule has 92 valence electrons. The molecule has 2 aromatic heterocycles. The molecule has 0 aliphatic carbocycles. The fourth-order valence-corrected chi connectivity index (χ4v) is 4.35. The van der Waals surface area contributed by atoms with E-state index in [9.17, 15) is 8.42 Å². The van der Waals surface area contributed by atoms with Crippen LogP contribution in [0, 0.1) is 0 Å². The predicted octanol–water partition coefficient (Wildman–Crippen LogP) is 1.42. The minimum Gasteiger partial charge on any atom is -0.374 e. The Bertz CT molecular complexity index is 621. The van der Waals surface area contributed by atoms with Gasteiger partial charge in [0.25, 0.3) is 10.0 Å². The molecule has 0 amide bonds. The molecule has 3 N–H and O–H groups in total. The number of aromatic nitrogens is 2. The van der Waals surface area contributed by atoms with Gasteiger partial charge in [0.1, 0.15) is 0 Å². The Morgan fingerprint density at radius 3 is 2.76 bits per heavy atom. The Balaban J connectivity index is 2.11. The van der Waals surface area contributed by atoms with E-state index in [0.717, 1.165) is 20.7 Å². The Morgan fingerprint density at radius 1 is 1.47 bits per heavy atom. The van der Waals surface area contributed by atoms with Gasteiger partial charge in [0.05, 0.1) is 0 Å². The summed E-state index contributed by atoms with van der Waals surface area (Å²) < 4.78 is 26.8. The molecule has 0 aliphatic heterocycles. The lowest BCUT2D eigenvalue weighted by Crippen LogP contribution is -2.22. The second-order valence-electron chi connectivity index (χ2n) is 2.92. The smallest absolute Gasteiger partial charge is 0.270 e. The summed E-state index contributed by atoms with van der Waals surface area (Å²) in [4.78, 5) is 0.895. The number of hydrogen-bond donors (Lipinski definition) is 2. The first-order valence-electron chi connectivity index (χ1n) is 4.29. The van der Waals surface area contributed by atoms with Gasteiger partial charge >= 0.3 is 0 Å². The van der Waals surface area contributed by atoms with Crippen LogP contribution < -0.4 is 10.5 Å². The highest BCUT2D eigenvalue weighted by atomic mass is 79.9. The van der Waals surface area contributed by atoms with Gasteiger partial charge in [-0.25, -0.2) is 13.1 Å². The molecule has 0 spiro atoms. The number of nitrogens with zero attached hydrogens (tertiary/aromatic N) is 2. The lowest BCUT2D eigenvalue weighted by molar-refractivity contribution is 0.579. The van der Waals surface area contributed by atoms with E-state index >= 15 is 0 Å². The van der Waals surface area contributed by atoms with Crippen molar-refractivity contribution in [2.45, 2.75) is 10.9 Å². The van der Waals surface area contributed by atoms with Crippen LogP contribution in [0.1, 0.15) is 4.88 Å². The second kappa shape index (κ2) is 4.98. The van der Waals surface area contributed by atoms with Gasteiger partial charge in [0.15, 0.2) is 0 Å². The summed E-state index contributed by atoms with van der Waals surface area (Å²) in [5.74, 6) is 0. The molecule has 2 rings (SSSR count). The van der Waals surface area contributed by atoms with E-state index in [4.69, 9.17) is 5.73 Å². The number of nitrogens with two attached hydrogens (primary N) is 1. The number of nitrogen functional groups attached to an aromatic ring is 1. The molecule has 0 bridgehead atoms. The standard InChI is InChI=1S/C7H7BrN4O2S3/c8-4-1-2-15-5(4)3-10-17(13,14)7-12-11-6(9)16-7/h1-2,10H,3H2,(H2,9,11). The molecule has 0 fully saturated rings. The van der Waals surface area contributed by atoms with Gasteiger partial charge in [-0.05, 0) is 27.4 Å². The van der Waals surface area contributed by atoms with Crippen LogP contribution in [0.25, 0.3) is 0 Å². The number of anilines is 1. The summed E-state index contributed by atoms with van der Waals surface area (Å²) in [6.07, 6.45) is 0. The highest BCUT2D eigenvalue weighted by molar-refractivity contribution is 9.10. The number of thiophene rings is 1. The number of rotatable bonds is 4. The highest BCUT2D eigenvalue weighted by Crippen LogP contribution is 2.23. The topological polar surface area (TPSA) is 98.0 Å². The van der Waals surface area contributed by atoms with Gasteiger partial charge < -0.3 is 5.73 Å². The van der Waals surface area contributed by atoms with Crippen LogP contribution >= 0.6 is 38.6 Å². The lowest BCUT2D eigenvalue weighted by Gasteiger charge is -2.01. The Morgan fingerprint density at radius 2 is 2.24 bits per heavy atom. The average molecular weight is 355 g/mol. The number of sulfonamides is 1. The van der Waals surface area contributed by atoms with Crippen molar-refractivity contribution < 1.29 is 8.42 Å². The van der Waals surface area contributed by atoms with Crippen LogP contribution in [0.5, 0.6) is 0 Å². The van der Waals surface area contributed by atoms with Crippen molar-refractivity contribution >= 4 is 53.8 Å². The molecule has 2 heterocycles. The van der Waals surface area contributed by atoms with E-state index in [0.29, 0.717) is 0 Å². The van der Waals surface area contributed by atoms with Crippen molar-refractivity contribution in [1.29, 1.82) is 0 Å². The van der Waals surface area contributed by atoms with E-state index in [2.05, 4.69) is 30.8 Å². The summed E-state index contributed by atoms with van der Waals surface area (Å²) in [5.41, 5.74) is 5.34. The van der Waals surface area contributed by atoms with Crippen molar-refractivity contribution in [2.75, 3.05) is 5.73 Å². The molecular formula is C7H7BrN4O2S3. The van der Waals surface area contributed by atoms with Crippen molar-refractivity contribution in [3.63, 3.8) is 0 Å². The summed E-state index contributed by atoms with van der Waals surface area (Å²) >= 11 is 5.62. The van der Waals surface area contributed by atoms with Crippen LogP contribution in [0.3, 0.4) is 0 Å². The monoisotopic (exact) mass is 354 g/mol. The molecule has 0 aliphatic rings. The fourth-order valence-electron chi connectivity index (χ4n) is 1.00. The number of hydrogen-bond acceptors (Lipinski definition) is 7. The molecular weight excluding hydrogens is 348 g/mol. The van der Waals surface area contributed by atoms with E-state index in [1.807, 2.05) is 11.4 Å². The van der Waals surface area contributed by atoms with Crippen molar-refractivity contribution in [3.05, 3.63) is 20.8 Å². The number of halogens is 1. The summed E-state index contributed by atoms with van der Waals surface area (Å²) in [6, 6.07) is 1.86. The largest absolute Gasteiger partial charge is 0.374 e. The van der Waals surface area contributed by atoms with Gasteiger partial charge in [-0.15, -0.1) is 21.5 Å². The molecule has 6 nitrogen and oxygen atoms in total. The van der Waals surface area contributed by atoms with Crippen LogP contribution in [0.15, 0.2) is 20.3 Å². The zero-order valence-corrected chi connectivity index (χ0v) is 12.3. The summed E-state index contributed by atoms with van der Waals surface area (Å²) in [6.45, 7) is 0.208. The minimum atomic E-state index is -3.63. The molecule has 0 aromatic carbocycles. The normalized spacial score (nSPS) is 11.8. The quantitative estimate of drug-likeness (QED) is 0.865. The van der Waals surface area contributed by atoms with Gasteiger partial charge in [0, 0.05) is 15.9 Å². The molecule has 0 saturated heterocycles. The number of nitrogens with one attached hydrogen (secondary N) is 1. The van der Waals surface area contributed by atoms with E-state index in [-0.39, 0.29) is 16.0 Å². The van der Waals surface area contributed by atoms with E-state index < -0.39 is 10.0 Å². The first kappa shape index (κ1) is 12.9. The molecule has 2 aromatic rings.